The van der Waals surface area contributed by atoms with E-state index < -0.39 is 10.1 Å². The summed E-state index contributed by atoms with van der Waals surface area (Å²) in [5, 5.41) is 0. The van der Waals surface area contributed by atoms with Crippen molar-refractivity contribution < 1.29 is 12.6 Å². The number of hydrogen-bond donors (Lipinski definition) is 0. The van der Waals surface area contributed by atoms with E-state index in [1.165, 1.54) is 12.7 Å². The molecule has 0 fully saturated rings. The van der Waals surface area contributed by atoms with Gasteiger partial charge in [0.25, 0.3) is 10.1 Å². The van der Waals surface area contributed by atoms with Crippen LogP contribution in [-0.4, -0.2) is 22.1 Å². The molecule has 2 aromatic carbocycles. The van der Waals surface area contributed by atoms with Crippen LogP contribution in [-0.2, 0) is 20.8 Å². The lowest BCUT2D eigenvalue weighted by atomic mass is 10.1. The molecule has 22 heavy (non-hydrogen) atoms. The van der Waals surface area contributed by atoms with Crippen LogP contribution in [0.15, 0.2) is 53.4 Å². The summed E-state index contributed by atoms with van der Waals surface area (Å²) >= 11 is 0. The van der Waals surface area contributed by atoms with Gasteiger partial charge in [0, 0.05) is 18.8 Å². The Balaban J connectivity index is 2.27. The minimum atomic E-state index is -3.65. The lowest BCUT2D eigenvalue weighted by Gasteiger charge is -2.24. The van der Waals surface area contributed by atoms with E-state index in [0.717, 1.165) is 17.8 Å². The monoisotopic (exact) mass is 319 g/mol. The molecule has 0 spiro atoms. The summed E-state index contributed by atoms with van der Waals surface area (Å²) in [5.74, 6) is 0. The molecule has 0 unspecified atom stereocenters. The molecule has 0 aliphatic rings. The highest BCUT2D eigenvalue weighted by Gasteiger charge is 2.14. The zero-order valence-electron chi connectivity index (χ0n) is 13.1. The van der Waals surface area contributed by atoms with E-state index in [9.17, 15) is 8.42 Å². The fraction of sp³-hybridized carbons (Fsp3) is 0.294. The molecule has 0 aliphatic heterocycles. The van der Waals surface area contributed by atoms with Crippen molar-refractivity contribution in [3.05, 3.63) is 59.7 Å². The summed E-state index contributed by atoms with van der Waals surface area (Å²) in [6, 6.07) is 15.1. The molecule has 118 valence electrons. The number of nitrogens with zero attached hydrogens (tertiary/aromatic N) is 1. The molecule has 0 saturated heterocycles. The van der Waals surface area contributed by atoms with E-state index >= 15 is 0 Å². The van der Waals surface area contributed by atoms with E-state index in [0.29, 0.717) is 6.54 Å². The van der Waals surface area contributed by atoms with E-state index in [4.69, 9.17) is 0 Å². The molecular formula is C17H21NO3S. The molecule has 0 saturated carbocycles. The molecule has 0 atom stereocenters. The summed E-state index contributed by atoms with van der Waals surface area (Å²) in [6.07, 6.45) is 0. The van der Waals surface area contributed by atoms with Crippen LogP contribution in [0.4, 0.5) is 5.69 Å². The Morgan fingerprint density at radius 2 is 1.82 bits per heavy atom. The molecule has 5 heteroatoms. The first-order valence-electron chi connectivity index (χ1n) is 7.17. The van der Waals surface area contributed by atoms with Gasteiger partial charge in [-0.15, -0.1) is 0 Å². The Morgan fingerprint density at radius 1 is 1.09 bits per heavy atom. The van der Waals surface area contributed by atoms with Crippen LogP contribution < -0.4 is 4.90 Å². The molecule has 0 aliphatic carbocycles. The number of anilines is 1. The summed E-state index contributed by atoms with van der Waals surface area (Å²) in [6.45, 7) is 5.62. The Bertz CT molecular complexity index is 741. The molecule has 4 nitrogen and oxygen atoms in total. The SMILES string of the molecule is CCN(Cc1cccc(S(=O)(=O)OC)c1)c1cccc(C)c1. The van der Waals surface area contributed by atoms with Crippen molar-refractivity contribution in [2.75, 3.05) is 18.6 Å². The van der Waals surface area contributed by atoms with Gasteiger partial charge < -0.3 is 4.90 Å². The molecule has 0 radical (unpaired) electrons. The predicted octanol–water partition coefficient (Wildman–Crippen LogP) is 3.36. The van der Waals surface area contributed by atoms with Gasteiger partial charge in [0.2, 0.25) is 0 Å². The molecule has 2 rings (SSSR count). The first kappa shape index (κ1) is 16.5. The molecule has 0 heterocycles. The van der Waals surface area contributed by atoms with Crippen molar-refractivity contribution in [3.63, 3.8) is 0 Å². The predicted molar refractivity (Wildman–Crippen MR) is 88.5 cm³/mol. The quantitative estimate of drug-likeness (QED) is 0.766. The Hall–Kier alpha value is -1.85. The minimum absolute atomic E-state index is 0.188. The van der Waals surface area contributed by atoms with Crippen LogP contribution >= 0.6 is 0 Å². The average Bonchev–Trinajstić information content (AvgIpc) is 2.53. The molecule has 0 N–H and O–H groups in total. The van der Waals surface area contributed by atoms with E-state index in [-0.39, 0.29) is 4.90 Å². The third-order valence-corrected chi connectivity index (χ3v) is 4.80. The van der Waals surface area contributed by atoms with Gasteiger partial charge in [0.05, 0.1) is 12.0 Å². The second kappa shape index (κ2) is 6.94. The molecular weight excluding hydrogens is 298 g/mol. The van der Waals surface area contributed by atoms with Crippen molar-refractivity contribution in [3.8, 4) is 0 Å². The molecule has 0 amide bonds. The summed E-state index contributed by atoms with van der Waals surface area (Å²) < 4.78 is 28.1. The maximum absolute atomic E-state index is 11.8. The molecule has 0 bridgehead atoms. The zero-order valence-corrected chi connectivity index (χ0v) is 13.9. The van der Waals surface area contributed by atoms with Gasteiger partial charge in [-0.25, -0.2) is 0 Å². The van der Waals surface area contributed by atoms with Crippen molar-refractivity contribution >= 4 is 15.8 Å². The van der Waals surface area contributed by atoms with E-state index in [1.807, 2.05) is 12.1 Å². The zero-order chi connectivity index (χ0) is 16.2. The topological polar surface area (TPSA) is 46.6 Å². The fourth-order valence-electron chi connectivity index (χ4n) is 2.33. The third kappa shape index (κ3) is 3.87. The van der Waals surface area contributed by atoms with Crippen molar-refractivity contribution in [2.24, 2.45) is 0 Å². The Morgan fingerprint density at radius 3 is 2.45 bits per heavy atom. The van der Waals surface area contributed by atoms with Gasteiger partial charge in [-0.3, -0.25) is 4.18 Å². The standard InChI is InChI=1S/C17H21NO3S/c1-4-18(16-9-5-7-14(2)11-16)13-15-8-6-10-17(12-15)22(19,20)21-3/h5-12H,4,13H2,1-3H3. The smallest absolute Gasteiger partial charge is 0.296 e. The lowest BCUT2D eigenvalue weighted by molar-refractivity contribution is 0.397. The second-order valence-electron chi connectivity index (χ2n) is 5.12. The van der Waals surface area contributed by atoms with Gasteiger partial charge in [0.15, 0.2) is 0 Å². The highest BCUT2D eigenvalue weighted by molar-refractivity contribution is 7.86. The van der Waals surface area contributed by atoms with Gasteiger partial charge in [-0.1, -0.05) is 24.3 Å². The van der Waals surface area contributed by atoms with Gasteiger partial charge >= 0.3 is 0 Å². The van der Waals surface area contributed by atoms with Gasteiger partial charge in [0.1, 0.15) is 0 Å². The summed E-state index contributed by atoms with van der Waals surface area (Å²) in [4.78, 5) is 2.39. The third-order valence-electron chi connectivity index (χ3n) is 3.53. The van der Waals surface area contributed by atoms with Crippen LogP contribution in [0.5, 0.6) is 0 Å². The van der Waals surface area contributed by atoms with Crippen LogP contribution in [0.2, 0.25) is 0 Å². The van der Waals surface area contributed by atoms with E-state index in [1.54, 1.807) is 18.2 Å². The summed E-state index contributed by atoms with van der Waals surface area (Å²) in [5.41, 5.74) is 3.26. The van der Waals surface area contributed by atoms with Gasteiger partial charge in [-0.05, 0) is 49.2 Å². The fourth-order valence-corrected chi connectivity index (χ4v) is 3.06. The molecule has 0 aromatic heterocycles. The minimum Gasteiger partial charge on any atom is -0.367 e. The van der Waals surface area contributed by atoms with Crippen LogP contribution in [0.1, 0.15) is 18.1 Å². The van der Waals surface area contributed by atoms with Crippen molar-refractivity contribution in [2.45, 2.75) is 25.3 Å². The number of benzene rings is 2. The number of hydrogen-bond acceptors (Lipinski definition) is 4. The maximum atomic E-state index is 11.8. The Labute approximate surface area is 132 Å². The van der Waals surface area contributed by atoms with Crippen molar-refractivity contribution in [1.29, 1.82) is 0 Å². The number of rotatable bonds is 6. The highest BCUT2D eigenvalue weighted by Crippen LogP contribution is 2.20. The normalized spacial score (nSPS) is 11.4. The first-order chi connectivity index (χ1) is 10.5. The molecule has 2 aromatic rings. The largest absolute Gasteiger partial charge is 0.367 e. The first-order valence-corrected chi connectivity index (χ1v) is 8.58. The number of aryl methyl sites for hydroxylation is 1. The van der Waals surface area contributed by atoms with Crippen LogP contribution in [0.3, 0.4) is 0 Å². The average molecular weight is 319 g/mol. The van der Waals surface area contributed by atoms with Gasteiger partial charge in [-0.2, -0.15) is 8.42 Å². The second-order valence-corrected chi connectivity index (χ2v) is 6.83. The Kier molecular flexibility index (Phi) is 5.21. The highest BCUT2D eigenvalue weighted by atomic mass is 32.2. The van der Waals surface area contributed by atoms with Crippen molar-refractivity contribution in [1.82, 2.24) is 0 Å². The van der Waals surface area contributed by atoms with Crippen LogP contribution in [0.25, 0.3) is 0 Å². The van der Waals surface area contributed by atoms with Crippen LogP contribution in [0, 0.1) is 6.92 Å². The summed E-state index contributed by atoms with van der Waals surface area (Å²) in [7, 11) is -2.48. The lowest BCUT2D eigenvalue weighted by Crippen LogP contribution is -2.22. The van der Waals surface area contributed by atoms with E-state index in [2.05, 4.69) is 41.1 Å². The maximum Gasteiger partial charge on any atom is 0.296 e.